The molecule has 5 heteroatoms. The molecular weight excluding hydrogens is 226 g/mol. The molecule has 0 aromatic heterocycles. The second kappa shape index (κ2) is 5.75. The summed E-state index contributed by atoms with van der Waals surface area (Å²) in [6.07, 6.45) is 2.51. The first kappa shape index (κ1) is 12.8. The highest BCUT2D eigenvalue weighted by Gasteiger charge is 2.11. The first-order valence-corrected chi connectivity index (χ1v) is 6.99. The highest BCUT2D eigenvalue weighted by Crippen LogP contribution is 2.22. The van der Waals surface area contributed by atoms with E-state index in [0.29, 0.717) is 6.42 Å². The summed E-state index contributed by atoms with van der Waals surface area (Å²) in [4.78, 5) is 0. The van der Waals surface area contributed by atoms with Crippen LogP contribution in [0.3, 0.4) is 0 Å². The number of aromatic hydroxyl groups is 1. The first-order valence-electron chi connectivity index (χ1n) is 5.33. The topological polar surface area (TPSA) is 66.4 Å². The SMILES string of the molecule is CCCCCS(=O)(=O)Nc1ccccc1O. The molecule has 0 saturated carbocycles. The van der Waals surface area contributed by atoms with Crippen LogP contribution in [0.15, 0.2) is 24.3 Å². The second-order valence-corrected chi connectivity index (χ2v) is 5.49. The Morgan fingerprint density at radius 2 is 1.94 bits per heavy atom. The Morgan fingerprint density at radius 1 is 1.25 bits per heavy atom. The van der Waals surface area contributed by atoms with Crippen molar-refractivity contribution in [2.75, 3.05) is 10.5 Å². The van der Waals surface area contributed by atoms with E-state index in [9.17, 15) is 13.5 Å². The van der Waals surface area contributed by atoms with Crippen LogP contribution in [0.25, 0.3) is 0 Å². The summed E-state index contributed by atoms with van der Waals surface area (Å²) < 4.78 is 25.6. The van der Waals surface area contributed by atoms with Gasteiger partial charge in [0.25, 0.3) is 0 Å². The Hall–Kier alpha value is -1.23. The molecule has 90 valence electrons. The number of unbranched alkanes of at least 4 members (excludes halogenated alkanes) is 2. The molecule has 0 heterocycles. The number of para-hydroxylation sites is 2. The van der Waals surface area contributed by atoms with Crippen LogP contribution in [0.1, 0.15) is 26.2 Å². The van der Waals surface area contributed by atoms with E-state index in [1.807, 2.05) is 6.92 Å². The van der Waals surface area contributed by atoms with Gasteiger partial charge >= 0.3 is 0 Å². The van der Waals surface area contributed by atoms with Crippen molar-refractivity contribution in [3.63, 3.8) is 0 Å². The molecule has 0 aliphatic rings. The third-order valence-corrected chi connectivity index (χ3v) is 3.54. The Morgan fingerprint density at radius 3 is 2.56 bits per heavy atom. The lowest BCUT2D eigenvalue weighted by Gasteiger charge is -2.08. The largest absolute Gasteiger partial charge is 0.506 e. The molecule has 0 bridgehead atoms. The zero-order valence-electron chi connectivity index (χ0n) is 9.31. The smallest absolute Gasteiger partial charge is 0.232 e. The fraction of sp³-hybridized carbons (Fsp3) is 0.455. The summed E-state index contributed by atoms with van der Waals surface area (Å²) in [5.41, 5.74) is 0.235. The van der Waals surface area contributed by atoms with Crippen molar-refractivity contribution in [2.24, 2.45) is 0 Å². The van der Waals surface area contributed by atoms with Gasteiger partial charge in [0, 0.05) is 0 Å². The summed E-state index contributed by atoms with van der Waals surface area (Å²) in [5, 5.41) is 9.42. The van der Waals surface area contributed by atoms with Gasteiger partial charge in [0.2, 0.25) is 10.0 Å². The minimum atomic E-state index is -3.34. The van der Waals surface area contributed by atoms with Crippen LogP contribution in [-0.4, -0.2) is 19.3 Å². The zero-order chi connectivity index (χ0) is 12.0. The average Bonchev–Trinajstić information content (AvgIpc) is 2.21. The highest BCUT2D eigenvalue weighted by molar-refractivity contribution is 7.92. The quantitative estimate of drug-likeness (QED) is 0.595. The standard InChI is InChI=1S/C11H17NO3S/c1-2-3-6-9-16(14,15)12-10-7-4-5-8-11(10)13/h4-5,7-8,12-13H,2-3,6,9H2,1H3. The third kappa shape index (κ3) is 4.10. The van der Waals surface area contributed by atoms with Crippen LogP contribution in [-0.2, 0) is 10.0 Å². The molecule has 2 N–H and O–H groups in total. The summed E-state index contributed by atoms with van der Waals surface area (Å²) >= 11 is 0. The minimum Gasteiger partial charge on any atom is -0.506 e. The van der Waals surface area contributed by atoms with Gasteiger partial charge < -0.3 is 5.11 Å². The normalized spacial score (nSPS) is 11.3. The number of anilines is 1. The molecule has 1 rings (SSSR count). The highest BCUT2D eigenvalue weighted by atomic mass is 32.2. The van der Waals surface area contributed by atoms with E-state index >= 15 is 0 Å². The second-order valence-electron chi connectivity index (χ2n) is 3.65. The van der Waals surface area contributed by atoms with Crippen LogP contribution in [0.2, 0.25) is 0 Å². The van der Waals surface area contributed by atoms with Crippen LogP contribution in [0.5, 0.6) is 5.75 Å². The van der Waals surface area contributed by atoms with E-state index in [2.05, 4.69) is 4.72 Å². The van der Waals surface area contributed by atoms with Crippen LogP contribution < -0.4 is 4.72 Å². The number of sulfonamides is 1. The van der Waals surface area contributed by atoms with E-state index in [0.717, 1.165) is 12.8 Å². The van der Waals surface area contributed by atoms with Crippen molar-refractivity contribution in [2.45, 2.75) is 26.2 Å². The first-order chi connectivity index (χ1) is 7.55. The van der Waals surface area contributed by atoms with Gasteiger partial charge in [0.1, 0.15) is 5.75 Å². The molecule has 1 aromatic rings. The Bertz CT molecular complexity index is 429. The maximum Gasteiger partial charge on any atom is 0.232 e. The van der Waals surface area contributed by atoms with Crippen LogP contribution >= 0.6 is 0 Å². The molecule has 16 heavy (non-hydrogen) atoms. The van der Waals surface area contributed by atoms with Gasteiger partial charge in [-0.05, 0) is 18.6 Å². The van der Waals surface area contributed by atoms with Gasteiger partial charge in [0.15, 0.2) is 0 Å². The number of phenols is 1. The van der Waals surface area contributed by atoms with Crippen LogP contribution in [0.4, 0.5) is 5.69 Å². The van der Waals surface area contributed by atoms with Crippen molar-refractivity contribution in [1.82, 2.24) is 0 Å². The number of hydrogen-bond donors (Lipinski definition) is 2. The van der Waals surface area contributed by atoms with E-state index in [4.69, 9.17) is 0 Å². The van der Waals surface area contributed by atoms with Crippen molar-refractivity contribution < 1.29 is 13.5 Å². The molecule has 1 aromatic carbocycles. The van der Waals surface area contributed by atoms with Crippen molar-refractivity contribution in [3.8, 4) is 5.75 Å². The molecule has 0 unspecified atom stereocenters. The molecule has 0 aliphatic heterocycles. The predicted molar refractivity (Wildman–Crippen MR) is 65.0 cm³/mol. The van der Waals surface area contributed by atoms with E-state index in [-0.39, 0.29) is 17.2 Å². The lowest BCUT2D eigenvalue weighted by molar-refractivity contribution is 0.477. The van der Waals surface area contributed by atoms with Gasteiger partial charge in [-0.2, -0.15) is 0 Å². The molecule has 0 atom stereocenters. The lowest BCUT2D eigenvalue weighted by atomic mass is 10.3. The maximum atomic E-state index is 11.6. The summed E-state index contributed by atoms with van der Waals surface area (Å²) in [6, 6.07) is 6.30. The number of rotatable bonds is 6. The lowest BCUT2D eigenvalue weighted by Crippen LogP contribution is -2.16. The number of hydrogen-bond acceptors (Lipinski definition) is 3. The average molecular weight is 243 g/mol. The molecular formula is C11H17NO3S. The molecule has 4 nitrogen and oxygen atoms in total. The fourth-order valence-corrected chi connectivity index (χ4v) is 2.51. The van der Waals surface area contributed by atoms with Gasteiger partial charge in [-0.15, -0.1) is 0 Å². The summed E-state index contributed by atoms with van der Waals surface area (Å²) in [5.74, 6) is 0.0383. The molecule has 0 spiro atoms. The summed E-state index contributed by atoms with van der Waals surface area (Å²) in [6.45, 7) is 2.02. The van der Waals surface area contributed by atoms with Crippen molar-refractivity contribution in [1.29, 1.82) is 0 Å². The van der Waals surface area contributed by atoms with Gasteiger partial charge in [-0.25, -0.2) is 8.42 Å². The zero-order valence-corrected chi connectivity index (χ0v) is 10.1. The minimum absolute atomic E-state index is 0.0541. The predicted octanol–water partition coefficient (Wildman–Crippen LogP) is 2.32. The Labute approximate surface area is 96.4 Å². The third-order valence-electron chi connectivity index (χ3n) is 2.19. The van der Waals surface area contributed by atoms with Gasteiger partial charge in [-0.3, -0.25) is 4.72 Å². The van der Waals surface area contributed by atoms with E-state index in [1.165, 1.54) is 12.1 Å². The van der Waals surface area contributed by atoms with Crippen LogP contribution in [0, 0.1) is 0 Å². The Balaban J connectivity index is 2.63. The summed E-state index contributed by atoms with van der Waals surface area (Å²) in [7, 11) is -3.34. The fourth-order valence-electron chi connectivity index (χ4n) is 1.32. The Kier molecular flexibility index (Phi) is 4.61. The van der Waals surface area contributed by atoms with Crippen molar-refractivity contribution in [3.05, 3.63) is 24.3 Å². The van der Waals surface area contributed by atoms with E-state index in [1.54, 1.807) is 12.1 Å². The molecule has 0 radical (unpaired) electrons. The number of phenolic OH excluding ortho intramolecular Hbond substituents is 1. The van der Waals surface area contributed by atoms with Crippen molar-refractivity contribution >= 4 is 15.7 Å². The van der Waals surface area contributed by atoms with Gasteiger partial charge in [0.05, 0.1) is 11.4 Å². The number of benzene rings is 1. The molecule has 0 saturated heterocycles. The molecule has 0 amide bonds. The van der Waals surface area contributed by atoms with Gasteiger partial charge in [-0.1, -0.05) is 31.9 Å². The molecule has 0 fully saturated rings. The maximum absolute atomic E-state index is 11.6. The monoisotopic (exact) mass is 243 g/mol. The van der Waals surface area contributed by atoms with E-state index < -0.39 is 10.0 Å². The number of nitrogens with one attached hydrogen (secondary N) is 1. The molecule has 0 aliphatic carbocycles.